The highest BCUT2D eigenvalue weighted by atomic mass is 16.1. The molecule has 0 spiro atoms. The Kier molecular flexibility index (Phi) is 5.34. The van der Waals surface area contributed by atoms with Crippen molar-refractivity contribution in [2.75, 3.05) is 11.9 Å². The summed E-state index contributed by atoms with van der Waals surface area (Å²) in [5.41, 5.74) is 7.35. The van der Waals surface area contributed by atoms with Gasteiger partial charge in [0.15, 0.2) is 0 Å². The van der Waals surface area contributed by atoms with Crippen molar-refractivity contribution in [1.82, 2.24) is 9.78 Å². The number of aromatic nitrogens is 2. The van der Waals surface area contributed by atoms with Gasteiger partial charge in [-0.05, 0) is 12.3 Å². The Morgan fingerprint density at radius 3 is 2.72 bits per heavy atom. The predicted octanol–water partition coefficient (Wildman–Crippen LogP) is 1.86. The zero-order valence-corrected chi connectivity index (χ0v) is 11.7. The maximum Gasteiger partial charge on any atom is 0.228 e. The van der Waals surface area contributed by atoms with Gasteiger partial charge in [-0.3, -0.25) is 9.48 Å². The number of hydrogen-bond donors (Lipinski definition) is 2. The summed E-state index contributed by atoms with van der Waals surface area (Å²) in [6, 6.07) is 0. The van der Waals surface area contributed by atoms with Crippen LogP contribution >= 0.6 is 0 Å². The number of aryl methyl sites for hydroxylation is 1. The van der Waals surface area contributed by atoms with Crippen molar-refractivity contribution < 1.29 is 4.79 Å². The van der Waals surface area contributed by atoms with Gasteiger partial charge in [-0.1, -0.05) is 27.2 Å². The molecule has 3 N–H and O–H groups in total. The van der Waals surface area contributed by atoms with Gasteiger partial charge in [-0.25, -0.2) is 0 Å². The van der Waals surface area contributed by atoms with Crippen LogP contribution in [0.15, 0.2) is 6.20 Å². The summed E-state index contributed by atoms with van der Waals surface area (Å²) in [6.45, 7) is 6.56. The van der Waals surface area contributed by atoms with Crippen LogP contribution in [0.5, 0.6) is 0 Å². The standard InChI is InChI=1S/C13H24N4O/c1-5-6-10(7-14)13(18)15-11-8-17(4)16-12(11)9(2)3/h8-10H,5-7,14H2,1-4H3,(H,15,18). The topological polar surface area (TPSA) is 72.9 Å². The minimum absolute atomic E-state index is 0.00532. The molecule has 5 nitrogen and oxygen atoms in total. The number of nitrogens with zero attached hydrogens (tertiary/aromatic N) is 2. The van der Waals surface area contributed by atoms with E-state index in [2.05, 4.69) is 31.2 Å². The molecule has 1 rings (SSSR count). The average Bonchev–Trinajstić information content (AvgIpc) is 2.67. The van der Waals surface area contributed by atoms with Crippen molar-refractivity contribution in [3.63, 3.8) is 0 Å². The van der Waals surface area contributed by atoms with E-state index in [1.165, 1.54) is 0 Å². The highest BCUT2D eigenvalue weighted by molar-refractivity contribution is 5.93. The van der Waals surface area contributed by atoms with E-state index < -0.39 is 0 Å². The molecule has 1 aromatic rings. The van der Waals surface area contributed by atoms with Gasteiger partial charge in [0, 0.05) is 19.8 Å². The number of rotatable bonds is 6. The average molecular weight is 252 g/mol. The first kappa shape index (κ1) is 14.7. The summed E-state index contributed by atoms with van der Waals surface area (Å²) in [5, 5.41) is 7.31. The third-order valence-corrected chi connectivity index (χ3v) is 2.95. The molecule has 1 unspecified atom stereocenters. The summed E-state index contributed by atoms with van der Waals surface area (Å²) in [6.07, 6.45) is 3.62. The van der Waals surface area contributed by atoms with E-state index in [1.54, 1.807) is 4.68 Å². The first-order valence-corrected chi connectivity index (χ1v) is 6.54. The first-order valence-electron chi connectivity index (χ1n) is 6.54. The lowest BCUT2D eigenvalue weighted by Crippen LogP contribution is -2.29. The molecule has 1 aromatic heterocycles. The summed E-state index contributed by atoms with van der Waals surface area (Å²) in [7, 11) is 1.86. The largest absolute Gasteiger partial charge is 0.330 e. The van der Waals surface area contributed by atoms with E-state index in [0.29, 0.717) is 6.54 Å². The quantitative estimate of drug-likeness (QED) is 0.811. The van der Waals surface area contributed by atoms with Crippen LogP contribution in [-0.2, 0) is 11.8 Å². The van der Waals surface area contributed by atoms with E-state index in [0.717, 1.165) is 24.2 Å². The maximum atomic E-state index is 12.1. The number of carbonyl (C=O) groups excluding carboxylic acids is 1. The molecule has 102 valence electrons. The normalized spacial score (nSPS) is 12.8. The number of carbonyl (C=O) groups is 1. The van der Waals surface area contributed by atoms with Crippen molar-refractivity contribution in [1.29, 1.82) is 0 Å². The van der Waals surface area contributed by atoms with E-state index in [9.17, 15) is 4.79 Å². The molecular weight excluding hydrogens is 228 g/mol. The van der Waals surface area contributed by atoms with Crippen LogP contribution in [0.3, 0.4) is 0 Å². The van der Waals surface area contributed by atoms with Gasteiger partial charge in [0.05, 0.1) is 17.3 Å². The van der Waals surface area contributed by atoms with Gasteiger partial charge in [0.2, 0.25) is 5.91 Å². The molecule has 18 heavy (non-hydrogen) atoms. The van der Waals surface area contributed by atoms with Gasteiger partial charge in [-0.15, -0.1) is 0 Å². The Hall–Kier alpha value is -1.36. The fourth-order valence-electron chi connectivity index (χ4n) is 1.97. The molecule has 1 amide bonds. The molecule has 0 saturated heterocycles. The van der Waals surface area contributed by atoms with Gasteiger partial charge >= 0.3 is 0 Å². The molecule has 1 atom stereocenters. The van der Waals surface area contributed by atoms with Crippen LogP contribution in [0.1, 0.15) is 45.2 Å². The number of anilines is 1. The molecule has 0 aliphatic rings. The zero-order chi connectivity index (χ0) is 13.7. The SMILES string of the molecule is CCCC(CN)C(=O)Nc1cn(C)nc1C(C)C. The molecule has 1 heterocycles. The van der Waals surface area contributed by atoms with Gasteiger partial charge in [-0.2, -0.15) is 5.10 Å². The predicted molar refractivity (Wildman–Crippen MR) is 73.4 cm³/mol. The van der Waals surface area contributed by atoms with E-state index in [1.807, 2.05) is 13.2 Å². The van der Waals surface area contributed by atoms with Crippen molar-refractivity contribution in [3.8, 4) is 0 Å². The van der Waals surface area contributed by atoms with E-state index >= 15 is 0 Å². The lowest BCUT2D eigenvalue weighted by atomic mass is 10.0. The van der Waals surface area contributed by atoms with Crippen molar-refractivity contribution >= 4 is 11.6 Å². The van der Waals surface area contributed by atoms with E-state index in [4.69, 9.17) is 5.73 Å². The summed E-state index contributed by atoms with van der Waals surface area (Å²) >= 11 is 0. The maximum absolute atomic E-state index is 12.1. The third-order valence-electron chi connectivity index (χ3n) is 2.95. The lowest BCUT2D eigenvalue weighted by molar-refractivity contribution is -0.119. The van der Waals surface area contributed by atoms with Gasteiger partial charge < -0.3 is 11.1 Å². The monoisotopic (exact) mass is 252 g/mol. The number of amides is 1. The number of nitrogens with two attached hydrogens (primary N) is 1. The highest BCUT2D eigenvalue weighted by Crippen LogP contribution is 2.22. The fourth-order valence-corrected chi connectivity index (χ4v) is 1.97. The van der Waals surface area contributed by atoms with Gasteiger partial charge in [0.1, 0.15) is 0 Å². The summed E-state index contributed by atoms with van der Waals surface area (Å²) in [5.74, 6) is 0.161. The third kappa shape index (κ3) is 3.57. The second kappa shape index (κ2) is 6.54. The minimum Gasteiger partial charge on any atom is -0.330 e. The molecule has 0 fully saturated rings. The molecule has 0 aliphatic heterocycles. The molecular formula is C13H24N4O. The zero-order valence-electron chi connectivity index (χ0n) is 11.7. The van der Waals surface area contributed by atoms with Crippen molar-refractivity contribution in [2.45, 2.75) is 39.5 Å². The Morgan fingerprint density at radius 2 is 2.22 bits per heavy atom. The van der Waals surface area contributed by atoms with Crippen LogP contribution in [0.2, 0.25) is 0 Å². The van der Waals surface area contributed by atoms with Crippen LogP contribution in [0.4, 0.5) is 5.69 Å². The van der Waals surface area contributed by atoms with Crippen LogP contribution in [-0.4, -0.2) is 22.2 Å². The van der Waals surface area contributed by atoms with Crippen LogP contribution in [0.25, 0.3) is 0 Å². The Morgan fingerprint density at radius 1 is 1.56 bits per heavy atom. The summed E-state index contributed by atoms with van der Waals surface area (Å²) < 4.78 is 1.72. The Bertz CT molecular complexity index is 398. The molecule has 0 saturated carbocycles. The minimum atomic E-state index is -0.116. The van der Waals surface area contributed by atoms with Crippen LogP contribution in [0, 0.1) is 5.92 Å². The lowest BCUT2D eigenvalue weighted by Gasteiger charge is -2.14. The fraction of sp³-hybridized carbons (Fsp3) is 0.692. The van der Waals surface area contributed by atoms with Gasteiger partial charge in [0.25, 0.3) is 0 Å². The smallest absolute Gasteiger partial charge is 0.228 e. The van der Waals surface area contributed by atoms with E-state index in [-0.39, 0.29) is 17.7 Å². The highest BCUT2D eigenvalue weighted by Gasteiger charge is 2.19. The second-order valence-electron chi connectivity index (χ2n) is 4.97. The van der Waals surface area contributed by atoms with Crippen molar-refractivity contribution in [2.24, 2.45) is 18.7 Å². The molecule has 0 bridgehead atoms. The Labute approximate surface area is 109 Å². The molecule has 5 heteroatoms. The Balaban J connectivity index is 2.80. The molecule has 0 aromatic carbocycles. The number of hydrogen-bond acceptors (Lipinski definition) is 3. The first-order chi connectivity index (χ1) is 8.49. The van der Waals surface area contributed by atoms with Crippen LogP contribution < -0.4 is 11.1 Å². The molecule has 0 aliphatic carbocycles. The van der Waals surface area contributed by atoms with Crippen molar-refractivity contribution in [3.05, 3.63) is 11.9 Å². The number of nitrogens with one attached hydrogen (secondary N) is 1. The summed E-state index contributed by atoms with van der Waals surface area (Å²) in [4.78, 5) is 12.1. The molecule has 0 radical (unpaired) electrons. The second-order valence-corrected chi connectivity index (χ2v) is 4.97.